The number of rotatable bonds is 6. The van der Waals surface area contributed by atoms with Gasteiger partial charge in [-0.1, -0.05) is 117 Å². The smallest absolute Gasteiger partial charge is 0.0540 e. The number of pyridine rings is 1. The van der Waals surface area contributed by atoms with Crippen LogP contribution in [0.5, 0.6) is 0 Å². The fourth-order valence-corrected chi connectivity index (χ4v) is 8.89. The molecular weight excluding hydrogens is 643 g/mol. The Morgan fingerprint density at radius 1 is 0.509 bits per heavy atom. The average molecular weight is 682 g/mol. The van der Waals surface area contributed by atoms with E-state index in [9.17, 15) is 0 Å². The van der Waals surface area contributed by atoms with Gasteiger partial charge in [0.2, 0.25) is 0 Å². The van der Waals surface area contributed by atoms with Crippen LogP contribution in [-0.2, 0) is 12.0 Å². The van der Waals surface area contributed by atoms with Gasteiger partial charge in [-0.05, 0) is 111 Å². The Balaban J connectivity index is 1.16. The van der Waals surface area contributed by atoms with Gasteiger partial charge >= 0.3 is 0 Å². The molecule has 0 saturated carbocycles. The molecule has 53 heavy (non-hydrogen) atoms. The minimum atomic E-state index is -0.108. The first kappa shape index (κ1) is 31.3. The van der Waals surface area contributed by atoms with Crippen molar-refractivity contribution in [2.75, 3.05) is 4.90 Å². The minimum absolute atomic E-state index is 0.108. The Morgan fingerprint density at radius 2 is 1.19 bits per heavy atom. The van der Waals surface area contributed by atoms with E-state index >= 15 is 0 Å². The van der Waals surface area contributed by atoms with Crippen LogP contribution >= 0.6 is 0 Å². The zero-order valence-electron chi connectivity index (χ0n) is 30.2. The molecule has 0 fully saturated rings. The number of fused-ring (bicyclic) bond motifs is 7. The lowest BCUT2D eigenvalue weighted by molar-refractivity contribution is 0.660. The molecule has 0 radical (unpaired) electrons. The van der Waals surface area contributed by atoms with Gasteiger partial charge in [-0.3, -0.25) is 4.98 Å². The Hall–Kier alpha value is -6.45. The summed E-state index contributed by atoms with van der Waals surface area (Å²) >= 11 is 0. The third-order valence-electron chi connectivity index (χ3n) is 11.5. The average Bonchev–Trinajstić information content (AvgIpc) is 3.66. The highest BCUT2D eigenvalue weighted by Crippen LogP contribution is 2.51. The molecule has 10 rings (SSSR count). The summed E-state index contributed by atoms with van der Waals surface area (Å²) in [5, 5.41) is 5.04. The molecule has 0 saturated heterocycles. The lowest BCUT2D eigenvalue weighted by atomic mass is 9.82. The van der Waals surface area contributed by atoms with Crippen LogP contribution in [0.3, 0.4) is 0 Å². The van der Waals surface area contributed by atoms with E-state index in [1.54, 1.807) is 0 Å². The molecule has 0 bridgehead atoms. The first-order valence-electron chi connectivity index (χ1n) is 18.6. The molecule has 2 heterocycles. The topological polar surface area (TPSA) is 21.1 Å². The van der Waals surface area contributed by atoms with Crippen LogP contribution in [0.4, 0.5) is 17.1 Å². The maximum absolute atomic E-state index is 4.37. The molecule has 0 amide bonds. The van der Waals surface area contributed by atoms with E-state index in [-0.39, 0.29) is 5.41 Å². The summed E-state index contributed by atoms with van der Waals surface area (Å²) in [6, 6.07) is 58.2. The molecule has 7 aromatic carbocycles. The number of anilines is 3. The standard InChI is InChI=1S/C50H39N3/c1-4-52-47-18-10-8-16-43(47)44-30-34(21-27-48(44)52)38-26-28-49(42-15-6-5-13-39(38)42)53(36-22-19-33(20-23-36)35-12-11-29-51-32-35)37-24-25-41-40-14-7-9-17-45(40)50(2,3)46(41)31-37/h5-32H,4H2,1-3H3. The highest BCUT2D eigenvalue weighted by Gasteiger charge is 2.35. The summed E-state index contributed by atoms with van der Waals surface area (Å²) in [6.45, 7) is 7.87. The van der Waals surface area contributed by atoms with E-state index in [0.29, 0.717) is 0 Å². The molecule has 0 N–H and O–H groups in total. The van der Waals surface area contributed by atoms with Crippen molar-refractivity contribution in [3.63, 3.8) is 0 Å². The molecule has 3 heteroatoms. The number of benzene rings is 7. The molecule has 2 aromatic heterocycles. The fraction of sp³-hybridized carbons (Fsp3) is 0.100. The summed E-state index contributed by atoms with van der Waals surface area (Å²) in [5.41, 5.74) is 16.0. The second-order valence-corrected chi connectivity index (χ2v) is 14.7. The Morgan fingerprint density at radius 3 is 2.00 bits per heavy atom. The molecule has 3 nitrogen and oxygen atoms in total. The van der Waals surface area contributed by atoms with Gasteiger partial charge in [-0.15, -0.1) is 0 Å². The quantitative estimate of drug-likeness (QED) is 0.174. The van der Waals surface area contributed by atoms with E-state index < -0.39 is 0 Å². The number of aromatic nitrogens is 2. The van der Waals surface area contributed by atoms with Crippen molar-refractivity contribution in [1.82, 2.24) is 9.55 Å². The molecule has 0 aliphatic heterocycles. The first-order chi connectivity index (χ1) is 26.0. The van der Waals surface area contributed by atoms with Gasteiger partial charge in [0.05, 0.1) is 5.69 Å². The number of aryl methyl sites for hydroxylation is 1. The lowest BCUT2D eigenvalue weighted by Crippen LogP contribution is -2.16. The minimum Gasteiger partial charge on any atom is -0.341 e. The van der Waals surface area contributed by atoms with Gasteiger partial charge in [0.15, 0.2) is 0 Å². The molecule has 1 aliphatic rings. The van der Waals surface area contributed by atoms with Crippen LogP contribution in [-0.4, -0.2) is 9.55 Å². The van der Waals surface area contributed by atoms with Crippen molar-refractivity contribution in [2.45, 2.75) is 32.7 Å². The van der Waals surface area contributed by atoms with Gasteiger partial charge in [0.1, 0.15) is 0 Å². The van der Waals surface area contributed by atoms with Crippen molar-refractivity contribution in [2.24, 2.45) is 0 Å². The van der Waals surface area contributed by atoms with Gasteiger partial charge in [-0.2, -0.15) is 0 Å². The largest absolute Gasteiger partial charge is 0.341 e. The van der Waals surface area contributed by atoms with Crippen LogP contribution in [0.2, 0.25) is 0 Å². The zero-order chi connectivity index (χ0) is 35.7. The summed E-state index contributed by atoms with van der Waals surface area (Å²) in [6.07, 6.45) is 3.75. The second-order valence-electron chi connectivity index (χ2n) is 14.7. The molecule has 1 aliphatic carbocycles. The molecule has 0 unspecified atom stereocenters. The molecule has 9 aromatic rings. The number of hydrogen-bond donors (Lipinski definition) is 0. The highest BCUT2D eigenvalue weighted by molar-refractivity contribution is 6.12. The summed E-state index contributed by atoms with van der Waals surface area (Å²) in [4.78, 5) is 6.81. The third kappa shape index (κ3) is 4.84. The highest BCUT2D eigenvalue weighted by atomic mass is 15.1. The van der Waals surface area contributed by atoms with Crippen molar-refractivity contribution >= 4 is 49.6 Å². The lowest BCUT2D eigenvalue weighted by Gasteiger charge is -2.29. The first-order valence-corrected chi connectivity index (χ1v) is 18.6. The monoisotopic (exact) mass is 681 g/mol. The van der Waals surface area contributed by atoms with E-state index in [1.165, 1.54) is 66.0 Å². The SMILES string of the molecule is CCn1c2ccccc2c2cc(-c3ccc(N(c4ccc(-c5cccnc5)cc4)c4ccc5c(c4)C(C)(C)c4ccccc4-5)c4ccccc34)ccc21. The number of para-hydroxylation sites is 1. The molecule has 254 valence electrons. The molecule has 0 spiro atoms. The van der Waals surface area contributed by atoms with Crippen molar-refractivity contribution < 1.29 is 0 Å². The maximum Gasteiger partial charge on any atom is 0.0540 e. The van der Waals surface area contributed by atoms with Gasteiger partial charge in [0, 0.05) is 62.9 Å². The number of nitrogens with zero attached hydrogens (tertiary/aromatic N) is 3. The Kier molecular flexibility index (Phi) is 7.13. The van der Waals surface area contributed by atoms with Gasteiger partial charge in [-0.25, -0.2) is 0 Å². The van der Waals surface area contributed by atoms with E-state index in [2.05, 4.69) is 187 Å². The van der Waals surface area contributed by atoms with Crippen LogP contribution in [0, 0.1) is 0 Å². The van der Waals surface area contributed by atoms with Crippen molar-refractivity contribution in [3.05, 3.63) is 181 Å². The van der Waals surface area contributed by atoms with Crippen LogP contribution < -0.4 is 4.90 Å². The Bertz CT molecular complexity index is 2840. The van der Waals surface area contributed by atoms with Crippen molar-refractivity contribution in [1.29, 1.82) is 0 Å². The predicted molar refractivity (Wildman–Crippen MR) is 224 cm³/mol. The van der Waals surface area contributed by atoms with Gasteiger partial charge < -0.3 is 9.47 Å². The Labute approximate surface area is 310 Å². The maximum atomic E-state index is 4.37. The third-order valence-corrected chi connectivity index (χ3v) is 11.5. The van der Waals surface area contributed by atoms with E-state index in [1.807, 2.05) is 18.5 Å². The van der Waals surface area contributed by atoms with Crippen LogP contribution in [0.25, 0.3) is 66.0 Å². The normalized spacial score (nSPS) is 13.0. The molecular formula is C50H39N3. The van der Waals surface area contributed by atoms with E-state index in [0.717, 1.165) is 34.7 Å². The predicted octanol–water partition coefficient (Wildman–Crippen LogP) is 13.5. The fourth-order valence-electron chi connectivity index (χ4n) is 8.89. The van der Waals surface area contributed by atoms with Crippen LogP contribution in [0.15, 0.2) is 170 Å². The van der Waals surface area contributed by atoms with E-state index in [4.69, 9.17) is 0 Å². The number of hydrogen-bond acceptors (Lipinski definition) is 2. The van der Waals surface area contributed by atoms with Gasteiger partial charge in [0.25, 0.3) is 0 Å². The summed E-state index contributed by atoms with van der Waals surface area (Å²) < 4.78 is 2.42. The zero-order valence-corrected chi connectivity index (χ0v) is 30.2. The van der Waals surface area contributed by atoms with Crippen LogP contribution in [0.1, 0.15) is 31.9 Å². The second kappa shape index (κ2) is 12.1. The summed E-state index contributed by atoms with van der Waals surface area (Å²) in [7, 11) is 0. The van der Waals surface area contributed by atoms with Crippen molar-refractivity contribution in [3.8, 4) is 33.4 Å². The molecule has 0 atom stereocenters. The summed E-state index contributed by atoms with van der Waals surface area (Å²) in [5.74, 6) is 0.